The fraction of sp³-hybridized carbons (Fsp3) is 0.385. The van der Waals surface area contributed by atoms with Crippen LogP contribution in [0.2, 0.25) is 5.02 Å². The molecular weight excluding hydrogens is 348 g/mol. The summed E-state index contributed by atoms with van der Waals surface area (Å²) < 4.78 is 0.698. The summed E-state index contributed by atoms with van der Waals surface area (Å²) in [5.41, 5.74) is 0.617. The first-order valence-corrected chi connectivity index (χ1v) is 7.38. The Hall–Kier alpha value is -1.27. The van der Waals surface area contributed by atoms with Crippen LogP contribution in [0.25, 0.3) is 0 Å². The first-order chi connectivity index (χ1) is 9.45. The summed E-state index contributed by atoms with van der Waals surface area (Å²) >= 11 is 9.15. The van der Waals surface area contributed by atoms with Gasteiger partial charge in [0.15, 0.2) is 0 Å². The van der Waals surface area contributed by atoms with Crippen LogP contribution in [-0.4, -0.2) is 23.1 Å². The predicted molar refractivity (Wildman–Crippen MR) is 80.1 cm³/mol. The fourth-order valence-electron chi connectivity index (χ4n) is 2.26. The molecule has 0 spiro atoms. The van der Waals surface area contributed by atoms with Crippen molar-refractivity contribution in [3.8, 4) is 0 Å². The molecule has 1 saturated carbocycles. The molecule has 0 aromatic heterocycles. The monoisotopic (exact) mass is 360 g/mol. The minimum absolute atomic E-state index is 0.0909. The third-order valence-electron chi connectivity index (χ3n) is 3.29. The number of carboxylic acids is 1. The van der Waals surface area contributed by atoms with Crippen molar-refractivity contribution in [1.82, 2.24) is 5.32 Å². The zero-order chi connectivity index (χ0) is 14.7. The second-order valence-electron chi connectivity index (χ2n) is 4.77. The maximum Gasteiger partial charge on any atom is 0.319 e. The zero-order valence-electron chi connectivity index (χ0n) is 10.5. The quantitative estimate of drug-likeness (QED) is 0.771. The Labute approximate surface area is 129 Å². The summed E-state index contributed by atoms with van der Waals surface area (Å²) in [5.74, 6) is -1.15. The molecule has 1 aliphatic carbocycles. The Kier molecular flexibility index (Phi) is 4.88. The SMILES string of the molecule is O=C(Nc1ccc(Cl)c(Br)c1)N[C@H]1CC[C@@H](C(=O)O)C1. The largest absolute Gasteiger partial charge is 0.481 e. The van der Waals surface area contributed by atoms with Gasteiger partial charge in [-0.25, -0.2) is 4.79 Å². The molecule has 2 atom stereocenters. The molecule has 7 heteroatoms. The second-order valence-corrected chi connectivity index (χ2v) is 6.03. The molecule has 2 amide bonds. The summed E-state index contributed by atoms with van der Waals surface area (Å²) in [4.78, 5) is 22.7. The maximum atomic E-state index is 11.8. The number of nitrogens with one attached hydrogen (secondary N) is 2. The van der Waals surface area contributed by atoms with Crippen molar-refractivity contribution in [2.75, 3.05) is 5.32 Å². The minimum atomic E-state index is -0.795. The molecule has 108 valence electrons. The van der Waals surface area contributed by atoms with E-state index in [0.717, 1.165) is 0 Å². The highest BCUT2D eigenvalue weighted by molar-refractivity contribution is 9.10. The summed E-state index contributed by atoms with van der Waals surface area (Å²) in [6.07, 6.45) is 1.77. The van der Waals surface area contributed by atoms with E-state index in [2.05, 4.69) is 26.6 Å². The van der Waals surface area contributed by atoms with Gasteiger partial charge in [-0.2, -0.15) is 0 Å². The lowest BCUT2D eigenvalue weighted by Gasteiger charge is -2.13. The lowest BCUT2D eigenvalue weighted by molar-refractivity contribution is -0.141. The van der Waals surface area contributed by atoms with E-state index in [1.807, 2.05) is 0 Å². The van der Waals surface area contributed by atoms with Crippen LogP contribution in [-0.2, 0) is 4.79 Å². The Morgan fingerprint density at radius 2 is 2.10 bits per heavy atom. The minimum Gasteiger partial charge on any atom is -0.481 e. The van der Waals surface area contributed by atoms with Crippen LogP contribution in [0.1, 0.15) is 19.3 Å². The van der Waals surface area contributed by atoms with Crippen LogP contribution in [0.4, 0.5) is 10.5 Å². The standard InChI is InChI=1S/C13H14BrClN2O3/c14-10-6-9(3-4-11(10)15)17-13(20)16-8-2-1-7(5-8)12(18)19/h3-4,6-8H,1-2,5H2,(H,18,19)(H2,16,17,20)/t7-,8+/m1/s1. The number of carbonyl (C=O) groups is 2. The van der Waals surface area contributed by atoms with Crippen molar-refractivity contribution in [3.63, 3.8) is 0 Å². The third kappa shape index (κ3) is 3.86. The number of hydrogen-bond acceptors (Lipinski definition) is 2. The Balaban J connectivity index is 1.87. The summed E-state index contributed by atoms with van der Waals surface area (Å²) in [7, 11) is 0. The van der Waals surface area contributed by atoms with E-state index < -0.39 is 5.97 Å². The van der Waals surface area contributed by atoms with Gasteiger partial charge in [-0.15, -0.1) is 0 Å². The number of benzene rings is 1. The Bertz CT molecular complexity index is 538. The smallest absolute Gasteiger partial charge is 0.319 e. The third-order valence-corrected chi connectivity index (χ3v) is 4.51. The molecule has 3 N–H and O–H groups in total. The lowest BCUT2D eigenvalue weighted by atomic mass is 10.1. The molecule has 1 aromatic carbocycles. The summed E-state index contributed by atoms with van der Waals surface area (Å²) in [6.45, 7) is 0. The molecule has 1 aliphatic rings. The van der Waals surface area contributed by atoms with Gasteiger partial charge in [-0.3, -0.25) is 4.79 Å². The highest BCUT2D eigenvalue weighted by atomic mass is 79.9. The Morgan fingerprint density at radius 3 is 2.70 bits per heavy atom. The number of halogens is 2. The zero-order valence-corrected chi connectivity index (χ0v) is 12.9. The molecule has 1 aromatic rings. The predicted octanol–water partition coefficient (Wildman–Crippen LogP) is 3.48. The molecule has 0 heterocycles. The highest BCUT2D eigenvalue weighted by Gasteiger charge is 2.30. The number of carboxylic acid groups (broad SMARTS) is 1. The van der Waals surface area contributed by atoms with Crippen LogP contribution in [0.15, 0.2) is 22.7 Å². The van der Waals surface area contributed by atoms with Crippen molar-refractivity contribution in [3.05, 3.63) is 27.7 Å². The van der Waals surface area contributed by atoms with E-state index in [9.17, 15) is 9.59 Å². The number of rotatable bonds is 3. The summed E-state index contributed by atoms with van der Waals surface area (Å²) in [6, 6.07) is 4.65. The average Bonchev–Trinajstić information content (AvgIpc) is 2.82. The maximum absolute atomic E-state index is 11.8. The molecule has 0 aliphatic heterocycles. The number of carbonyl (C=O) groups excluding carboxylic acids is 1. The van der Waals surface area contributed by atoms with E-state index in [1.54, 1.807) is 18.2 Å². The molecule has 0 radical (unpaired) electrons. The number of urea groups is 1. The van der Waals surface area contributed by atoms with Gasteiger partial charge < -0.3 is 15.7 Å². The fourth-order valence-corrected chi connectivity index (χ4v) is 2.76. The number of anilines is 1. The van der Waals surface area contributed by atoms with Gasteiger partial charge in [0.2, 0.25) is 0 Å². The van der Waals surface area contributed by atoms with Gasteiger partial charge in [-0.05, 0) is 53.4 Å². The molecule has 2 rings (SSSR count). The molecule has 20 heavy (non-hydrogen) atoms. The van der Waals surface area contributed by atoms with E-state index >= 15 is 0 Å². The van der Waals surface area contributed by atoms with Gasteiger partial charge in [0.1, 0.15) is 0 Å². The van der Waals surface area contributed by atoms with E-state index in [-0.39, 0.29) is 18.0 Å². The molecular formula is C13H14BrClN2O3. The van der Waals surface area contributed by atoms with E-state index in [0.29, 0.717) is 34.4 Å². The van der Waals surface area contributed by atoms with Crippen molar-refractivity contribution in [2.24, 2.45) is 5.92 Å². The highest BCUT2D eigenvalue weighted by Crippen LogP contribution is 2.27. The van der Waals surface area contributed by atoms with Crippen molar-refractivity contribution in [2.45, 2.75) is 25.3 Å². The van der Waals surface area contributed by atoms with Gasteiger partial charge in [0, 0.05) is 16.2 Å². The average molecular weight is 362 g/mol. The van der Waals surface area contributed by atoms with Crippen LogP contribution < -0.4 is 10.6 Å². The van der Waals surface area contributed by atoms with Crippen molar-refractivity contribution in [1.29, 1.82) is 0 Å². The van der Waals surface area contributed by atoms with Crippen LogP contribution in [0.3, 0.4) is 0 Å². The molecule has 0 unspecified atom stereocenters. The van der Waals surface area contributed by atoms with Crippen LogP contribution in [0, 0.1) is 5.92 Å². The van der Waals surface area contributed by atoms with Crippen molar-refractivity contribution < 1.29 is 14.7 Å². The normalized spacial score (nSPS) is 21.5. The van der Waals surface area contributed by atoms with Gasteiger partial charge in [0.05, 0.1) is 10.9 Å². The van der Waals surface area contributed by atoms with Gasteiger partial charge in [-0.1, -0.05) is 11.6 Å². The second kappa shape index (κ2) is 6.45. The Morgan fingerprint density at radius 1 is 1.35 bits per heavy atom. The first kappa shape index (κ1) is 15.1. The van der Waals surface area contributed by atoms with Crippen LogP contribution in [0.5, 0.6) is 0 Å². The van der Waals surface area contributed by atoms with E-state index in [4.69, 9.17) is 16.7 Å². The lowest BCUT2D eigenvalue weighted by Crippen LogP contribution is -2.36. The number of aliphatic carboxylic acids is 1. The van der Waals surface area contributed by atoms with Gasteiger partial charge >= 0.3 is 12.0 Å². The van der Waals surface area contributed by atoms with Crippen molar-refractivity contribution >= 4 is 45.2 Å². The molecule has 5 nitrogen and oxygen atoms in total. The molecule has 1 fully saturated rings. The first-order valence-electron chi connectivity index (χ1n) is 6.21. The number of hydrogen-bond donors (Lipinski definition) is 3. The summed E-state index contributed by atoms with van der Waals surface area (Å²) in [5, 5.41) is 15.0. The van der Waals surface area contributed by atoms with Gasteiger partial charge in [0.25, 0.3) is 0 Å². The molecule has 0 bridgehead atoms. The number of amides is 2. The molecule has 0 saturated heterocycles. The topological polar surface area (TPSA) is 78.4 Å². The van der Waals surface area contributed by atoms with E-state index in [1.165, 1.54) is 0 Å². The van der Waals surface area contributed by atoms with Crippen LogP contribution >= 0.6 is 27.5 Å².